The maximum Gasteiger partial charge on any atom is 0.0214 e. The van der Waals surface area contributed by atoms with Crippen LogP contribution in [0, 0.1) is 17.3 Å². The molecule has 0 aromatic rings. The van der Waals surface area contributed by atoms with Gasteiger partial charge in [-0.05, 0) is 50.9 Å². The van der Waals surface area contributed by atoms with E-state index in [1.54, 1.807) is 0 Å². The zero-order valence-electron chi connectivity index (χ0n) is 9.23. The molecule has 2 aliphatic carbocycles. The van der Waals surface area contributed by atoms with E-state index in [1.807, 2.05) is 6.92 Å². The summed E-state index contributed by atoms with van der Waals surface area (Å²) in [5, 5.41) is 3.62. The highest BCUT2D eigenvalue weighted by atomic mass is 14.9. The molecule has 0 aromatic heterocycles. The Bertz CT molecular complexity index is 232. The predicted octanol–water partition coefficient (Wildman–Crippen LogP) is 2.71. The second-order valence-corrected chi connectivity index (χ2v) is 4.91. The Morgan fingerprint density at radius 1 is 1.21 bits per heavy atom. The van der Waals surface area contributed by atoms with Crippen molar-refractivity contribution >= 4 is 0 Å². The fourth-order valence-electron chi connectivity index (χ4n) is 2.57. The number of hydrogen-bond acceptors (Lipinski definition) is 1. The van der Waals surface area contributed by atoms with Gasteiger partial charge in [-0.3, -0.25) is 0 Å². The van der Waals surface area contributed by atoms with E-state index in [1.165, 1.54) is 38.5 Å². The van der Waals surface area contributed by atoms with E-state index in [9.17, 15) is 0 Å². The van der Waals surface area contributed by atoms with Gasteiger partial charge in [0, 0.05) is 19.0 Å². The molecule has 0 saturated heterocycles. The third kappa shape index (κ3) is 2.51. The van der Waals surface area contributed by atoms with Gasteiger partial charge in [-0.15, -0.1) is 11.8 Å². The molecule has 1 heteroatoms. The largest absolute Gasteiger partial charge is 0.313 e. The molecule has 1 nitrogen and oxygen atoms in total. The van der Waals surface area contributed by atoms with Crippen molar-refractivity contribution in [2.45, 2.75) is 57.9 Å². The highest BCUT2D eigenvalue weighted by Gasteiger charge is 2.44. The van der Waals surface area contributed by atoms with Crippen LogP contribution in [0.4, 0.5) is 0 Å². The maximum atomic E-state index is 3.62. The van der Waals surface area contributed by atoms with E-state index >= 15 is 0 Å². The average Bonchev–Trinajstić information content (AvgIpc) is 2.96. The first kappa shape index (κ1) is 10.1. The van der Waals surface area contributed by atoms with Gasteiger partial charge in [-0.1, -0.05) is 0 Å². The first-order valence-electron chi connectivity index (χ1n) is 5.98. The average molecular weight is 191 g/mol. The second-order valence-electron chi connectivity index (χ2n) is 4.91. The summed E-state index contributed by atoms with van der Waals surface area (Å²) in [5.41, 5.74) is 0.835. The lowest BCUT2D eigenvalue weighted by Gasteiger charge is -2.28. The van der Waals surface area contributed by atoms with Crippen LogP contribution in [0.5, 0.6) is 0 Å². The summed E-state index contributed by atoms with van der Waals surface area (Å²) < 4.78 is 0. The quantitative estimate of drug-likeness (QED) is 0.534. The van der Waals surface area contributed by atoms with Gasteiger partial charge in [-0.25, -0.2) is 0 Å². The van der Waals surface area contributed by atoms with E-state index < -0.39 is 0 Å². The van der Waals surface area contributed by atoms with Crippen LogP contribution >= 0.6 is 0 Å². The Labute approximate surface area is 87.7 Å². The van der Waals surface area contributed by atoms with Gasteiger partial charge in [0.15, 0.2) is 0 Å². The molecule has 2 saturated carbocycles. The molecule has 0 bridgehead atoms. The van der Waals surface area contributed by atoms with Crippen LogP contribution in [-0.4, -0.2) is 12.6 Å². The zero-order chi connectivity index (χ0) is 9.86. The molecule has 2 fully saturated rings. The predicted molar refractivity (Wildman–Crippen MR) is 60.0 cm³/mol. The Hall–Kier alpha value is -0.480. The number of nitrogens with one attached hydrogen (secondary N) is 1. The number of hydrogen-bond donors (Lipinski definition) is 1. The van der Waals surface area contributed by atoms with E-state index in [4.69, 9.17) is 0 Å². The van der Waals surface area contributed by atoms with Crippen molar-refractivity contribution < 1.29 is 0 Å². The molecule has 0 atom stereocenters. The van der Waals surface area contributed by atoms with Crippen molar-refractivity contribution in [1.82, 2.24) is 5.32 Å². The van der Waals surface area contributed by atoms with Crippen LogP contribution in [0.25, 0.3) is 0 Å². The third-order valence-corrected chi connectivity index (χ3v) is 3.86. The molecule has 2 rings (SSSR count). The van der Waals surface area contributed by atoms with Gasteiger partial charge in [0.05, 0.1) is 0 Å². The summed E-state index contributed by atoms with van der Waals surface area (Å²) in [7, 11) is 0. The van der Waals surface area contributed by atoms with Gasteiger partial charge in [0.25, 0.3) is 0 Å². The van der Waals surface area contributed by atoms with Gasteiger partial charge in [0.2, 0.25) is 0 Å². The van der Waals surface area contributed by atoms with Crippen molar-refractivity contribution in [1.29, 1.82) is 0 Å². The maximum absolute atomic E-state index is 3.62. The monoisotopic (exact) mass is 191 g/mol. The molecule has 0 unspecified atom stereocenters. The van der Waals surface area contributed by atoms with E-state index in [0.717, 1.165) is 24.4 Å². The van der Waals surface area contributed by atoms with E-state index in [-0.39, 0.29) is 0 Å². The summed E-state index contributed by atoms with van der Waals surface area (Å²) in [6.07, 6.45) is 9.80. The molecule has 1 N–H and O–H groups in total. The SMILES string of the molecule is CC#CCCNC1CCC2(CC1)CC2. The Morgan fingerprint density at radius 3 is 2.50 bits per heavy atom. The lowest BCUT2D eigenvalue weighted by Crippen LogP contribution is -2.34. The summed E-state index contributed by atoms with van der Waals surface area (Å²) in [5.74, 6) is 6.04. The minimum absolute atomic E-state index is 0.792. The molecule has 78 valence electrons. The van der Waals surface area contributed by atoms with Crippen molar-refractivity contribution in [3.63, 3.8) is 0 Å². The molecular formula is C13H21N. The fourth-order valence-corrected chi connectivity index (χ4v) is 2.57. The Balaban J connectivity index is 1.60. The van der Waals surface area contributed by atoms with Crippen molar-refractivity contribution in [3.05, 3.63) is 0 Å². The van der Waals surface area contributed by atoms with Gasteiger partial charge >= 0.3 is 0 Å². The fraction of sp³-hybridized carbons (Fsp3) is 0.846. The molecule has 0 aliphatic heterocycles. The molecular weight excluding hydrogens is 170 g/mol. The first-order valence-corrected chi connectivity index (χ1v) is 5.98. The van der Waals surface area contributed by atoms with Gasteiger partial charge in [-0.2, -0.15) is 0 Å². The van der Waals surface area contributed by atoms with Gasteiger partial charge < -0.3 is 5.32 Å². The molecule has 0 heterocycles. The van der Waals surface area contributed by atoms with Crippen molar-refractivity contribution in [2.24, 2.45) is 5.41 Å². The summed E-state index contributed by atoms with van der Waals surface area (Å²) in [6, 6.07) is 0.792. The minimum atomic E-state index is 0.792. The van der Waals surface area contributed by atoms with Crippen LogP contribution in [0.2, 0.25) is 0 Å². The molecule has 14 heavy (non-hydrogen) atoms. The Morgan fingerprint density at radius 2 is 1.93 bits per heavy atom. The standard InChI is InChI=1S/C13H21N/c1-2-3-4-11-14-12-5-7-13(8-6-12)9-10-13/h12,14H,4-11H2,1H3. The highest BCUT2D eigenvalue weighted by Crippen LogP contribution is 2.55. The lowest BCUT2D eigenvalue weighted by atomic mass is 9.83. The van der Waals surface area contributed by atoms with E-state index in [0.29, 0.717) is 0 Å². The van der Waals surface area contributed by atoms with Crippen LogP contribution in [0.3, 0.4) is 0 Å². The van der Waals surface area contributed by atoms with Crippen molar-refractivity contribution in [2.75, 3.05) is 6.54 Å². The zero-order valence-corrected chi connectivity index (χ0v) is 9.23. The summed E-state index contributed by atoms with van der Waals surface area (Å²) in [6.45, 7) is 3.00. The van der Waals surface area contributed by atoms with E-state index in [2.05, 4.69) is 17.2 Å². The normalized spacial score (nSPS) is 24.4. The summed E-state index contributed by atoms with van der Waals surface area (Å²) >= 11 is 0. The second kappa shape index (κ2) is 4.36. The minimum Gasteiger partial charge on any atom is -0.313 e. The topological polar surface area (TPSA) is 12.0 Å². The molecule has 0 amide bonds. The van der Waals surface area contributed by atoms with Crippen LogP contribution in [0.1, 0.15) is 51.9 Å². The Kier molecular flexibility index (Phi) is 3.13. The van der Waals surface area contributed by atoms with Crippen LogP contribution in [-0.2, 0) is 0 Å². The first-order chi connectivity index (χ1) is 6.85. The molecule has 0 radical (unpaired) electrons. The smallest absolute Gasteiger partial charge is 0.0214 e. The van der Waals surface area contributed by atoms with Crippen molar-refractivity contribution in [3.8, 4) is 11.8 Å². The highest BCUT2D eigenvalue weighted by molar-refractivity contribution is 4.98. The molecule has 0 aromatic carbocycles. The van der Waals surface area contributed by atoms with Crippen LogP contribution < -0.4 is 5.32 Å². The third-order valence-electron chi connectivity index (χ3n) is 3.86. The molecule has 1 spiro atoms. The molecule has 2 aliphatic rings. The summed E-state index contributed by atoms with van der Waals surface area (Å²) in [4.78, 5) is 0. The van der Waals surface area contributed by atoms with Crippen LogP contribution in [0.15, 0.2) is 0 Å². The number of rotatable bonds is 3. The van der Waals surface area contributed by atoms with Gasteiger partial charge in [0.1, 0.15) is 0 Å². The lowest BCUT2D eigenvalue weighted by molar-refractivity contribution is 0.276.